The van der Waals surface area contributed by atoms with Crippen LogP contribution >= 0.6 is 0 Å². The summed E-state index contributed by atoms with van der Waals surface area (Å²) in [5, 5.41) is 8.52. The zero-order valence-corrected chi connectivity index (χ0v) is 7.05. The van der Waals surface area contributed by atoms with Crippen LogP contribution in [0.4, 0.5) is 0 Å². The number of unbranched alkanes of at least 4 members (excludes halogenated alkanes) is 2. The van der Waals surface area contributed by atoms with E-state index in [0.717, 1.165) is 19.3 Å². The third-order valence-electron chi connectivity index (χ3n) is 1.64. The molecule has 0 heterocycles. The second-order valence-electron chi connectivity index (χ2n) is 2.71. The Balaban J connectivity index is 3.36. The summed E-state index contributed by atoms with van der Waals surface area (Å²) in [4.78, 5) is 11.0. The normalized spacial score (nSPS) is 13.0. The van der Waals surface area contributed by atoms with E-state index in [-0.39, 0.29) is 12.4 Å². The Kier molecular flexibility index (Phi) is 6.07. The minimum absolute atomic E-state index is 0.0269. The molecule has 0 radical (unpaired) electrons. The molecule has 1 atom stereocenters. The van der Waals surface area contributed by atoms with E-state index >= 15 is 0 Å². The molecule has 0 aromatic rings. The quantitative estimate of drug-likeness (QED) is 0.553. The topological polar surface area (TPSA) is 63.3 Å². The van der Waals surface area contributed by atoms with E-state index in [1.54, 1.807) is 0 Å². The SMILES string of the molecule is CCCCCC(=O)C(N)CO. The molecule has 3 heteroatoms. The van der Waals surface area contributed by atoms with Gasteiger partial charge in [-0.15, -0.1) is 0 Å². The van der Waals surface area contributed by atoms with Crippen LogP contribution in [-0.2, 0) is 4.79 Å². The summed E-state index contributed by atoms with van der Waals surface area (Å²) in [6.45, 7) is 1.85. The van der Waals surface area contributed by atoms with Gasteiger partial charge in [-0.25, -0.2) is 0 Å². The Morgan fingerprint density at radius 3 is 2.64 bits per heavy atom. The number of carbonyl (C=O) groups is 1. The summed E-state index contributed by atoms with van der Waals surface area (Å²) in [6.07, 6.45) is 3.56. The Labute approximate surface area is 67.6 Å². The highest BCUT2D eigenvalue weighted by atomic mass is 16.3. The van der Waals surface area contributed by atoms with Gasteiger partial charge in [-0.1, -0.05) is 19.8 Å². The molecule has 0 saturated heterocycles. The molecule has 0 aromatic carbocycles. The van der Waals surface area contributed by atoms with Crippen molar-refractivity contribution in [1.82, 2.24) is 0 Å². The van der Waals surface area contributed by atoms with Gasteiger partial charge in [-0.3, -0.25) is 4.79 Å². The lowest BCUT2D eigenvalue weighted by molar-refractivity contribution is -0.121. The maximum Gasteiger partial charge on any atom is 0.151 e. The number of Topliss-reactive ketones (excluding diaryl/α,β-unsaturated/α-hetero) is 1. The molecule has 1 unspecified atom stereocenters. The number of ketones is 1. The number of aliphatic hydroxyl groups excluding tert-OH is 1. The molecule has 0 bridgehead atoms. The van der Waals surface area contributed by atoms with Gasteiger partial charge in [-0.05, 0) is 6.42 Å². The van der Waals surface area contributed by atoms with Crippen LogP contribution in [-0.4, -0.2) is 23.5 Å². The van der Waals surface area contributed by atoms with Crippen LogP contribution in [0.1, 0.15) is 32.6 Å². The van der Waals surface area contributed by atoms with Crippen molar-refractivity contribution in [3.63, 3.8) is 0 Å². The minimum Gasteiger partial charge on any atom is -0.394 e. The van der Waals surface area contributed by atoms with E-state index in [2.05, 4.69) is 6.92 Å². The molecule has 3 nitrogen and oxygen atoms in total. The average molecular weight is 159 g/mol. The number of rotatable bonds is 6. The summed E-state index contributed by atoms with van der Waals surface area (Å²) >= 11 is 0. The van der Waals surface area contributed by atoms with Gasteiger partial charge in [0, 0.05) is 6.42 Å². The molecule has 66 valence electrons. The first-order chi connectivity index (χ1) is 5.22. The van der Waals surface area contributed by atoms with E-state index in [0.29, 0.717) is 6.42 Å². The number of hydrogen-bond acceptors (Lipinski definition) is 3. The second-order valence-corrected chi connectivity index (χ2v) is 2.71. The zero-order chi connectivity index (χ0) is 8.69. The summed E-state index contributed by atoms with van der Waals surface area (Å²) in [5.74, 6) is -0.0269. The molecular weight excluding hydrogens is 142 g/mol. The maximum atomic E-state index is 11.0. The predicted molar refractivity (Wildman–Crippen MR) is 44.2 cm³/mol. The van der Waals surface area contributed by atoms with Crippen molar-refractivity contribution in [2.45, 2.75) is 38.6 Å². The third-order valence-corrected chi connectivity index (χ3v) is 1.64. The van der Waals surface area contributed by atoms with Crippen molar-refractivity contribution in [2.75, 3.05) is 6.61 Å². The van der Waals surface area contributed by atoms with Crippen LogP contribution in [0.25, 0.3) is 0 Å². The molecule has 0 fully saturated rings. The smallest absolute Gasteiger partial charge is 0.151 e. The highest BCUT2D eigenvalue weighted by molar-refractivity contribution is 5.83. The predicted octanol–water partition coefficient (Wildman–Crippen LogP) is 0.455. The molecular formula is C8H17NO2. The lowest BCUT2D eigenvalue weighted by atomic mass is 10.1. The average Bonchev–Trinajstić information content (AvgIpc) is 2.03. The molecule has 11 heavy (non-hydrogen) atoms. The lowest BCUT2D eigenvalue weighted by Crippen LogP contribution is -2.33. The van der Waals surface area contributed by atoms with Crippen LogP contribution in [0.15, 0.2) is 0 Å². The van der Waals surface area contributed by atoms with Crippen molar-refractivity contribution in [3.05, 3.63) is 0 Å². The third kappa shape index (κ3) is 4.93. The Bertz CT molecular complexity index is 115. The van der Waals surface area contributed by atoms with E-state index in [1.165, 1.54) is 0 Å². The van der Waals surface area contributed by atoms with Gasteiger partial charge in [0.15, 0.2) is 5.78 Å². The van der Waals surface area contributed by atoms with E-state index < -0.39 is 6.04 Å². The monoisotopic (exact) mass is 159 g/mol. The van der Waals surface area contributed by atoms with Gasteiger partial charge in [0.2, 0.25) is 0 Å². The number of nitrogens with two attached hydrogens (primary N) is 1. The summed E-state index contributed by atoms with van der Waals surface area (Å²) in [5.41, 5.74) is 5.30. The molecule has 0 rings (SSSR count). The molecule has 0 aromatic heterocycles. The van der Waals surface area contributed by atoms with Crippen molar-refractivity contribution in [1.29, 1.82) is 0 Å². The molecule has 0 spiro atoms. The van der Waals surface area contributed by atoms with Gasteiger partial charge in [0.1, 0.15) is 0 Å². The van der Waals surface area contributed by atoms with Crippen LogP contribution in [0, 0.1) is 0 Å². The van der Waals surface area contributed by atoms with Gasteiger partial charge in [0.05, 0.1) is 12.6 Å². The Hall–Kier alpha value is -0.410. The maximum absolute atomic E-state index is 11.0. The van der Waals surface area contributed by atoms with Crippen molar-refractivity contribution in [3.8, 4) is 0 Å². The van der Waals surface area contributed by atoms with Crippen LogP contribution in [0.5, 0.6) is 0 Å². The molecule has 0 aliphatic rings. The van der Waals surface area contributed by atoms with Gasteiger partial charge in [0.25, 0.3) is 0 Å². The fourth-order valence-electron chi connectivity index (χ4n) is 0.836. The largest absolute Gasteiger partial charge is 0.394 e. The van der Waals surface area contributed by atoms with Crippen LogP contribution < -0.4 is 5.73 Å². The molecule has 0 aliphatic heterocycles. The highest BCUT2D eigenvalue weighted by Crippen LogP contribution is 2.00. The summed E-state index contributed by atoms with van der Waals surface area (Å²) < 4.78 is 0. The zero-order valence-electron chi connectivity index (χ0n) is 7.05. The van der Waals surface area contributed by atoms with Gasteiger partial charge >= 0.3 is 0 Å². The molecule has 0 aliphatic carbocycles. The number of hydrogen-bond donors (Lipinski definition) is 2. The van der Waals surface area contributed by atoms with E-state index in [4.69, 9.17) is 10.8 Å². The van der Waals surface area contributed by atoms with Gasteiger partial charge < -0.3 is 10.8 Å². The fourth-order valence-corrected chi connectivity index (χ4v) is 0.836. The van der Waals surface area contributed by atoms with E-state index in [9.17, 15) is 4.79 Å². The van der Waals surface area contributed by atoms with Gasteiger partial charge in [-0.2, -0.15) is 0 Å². The summed E-state index contributed by atoms with van der Waals surface area (Å²) in [6, 6.07) is -0.660. The van der Waals surface area contributed by atoms with Crippen molar-refractivity contribution in [2.24, 2.45) is 5.73 Å². The van der Waals surface area contributed by atoms with Crippen molar-refractivity contribution < 1.29 is 9.90 Å². The first kappa shape index (κ1) is 10.6. The lowest BCUT2D eigenvalue weighted by Gasteiger charge is -2.05. The minimum atomic E-state index is -0.660. The Morgan fingerprint density at radius 2 is 2.18 bits per heavy atom. The summed E-state index contributed by atoms with van der Waals surface area (Å²) in [7, 11) is 0. The first-order valence-corrected chi connectivity index (χ1v) is 4.11. The van der Waals surface area contributed by atoms with E-state index in [1.807, 2.05) is 0 Å². The van der Waals surface area contributed by atoms with Crippen LogP contribution in [0.2, 0.25) is 0 Å². The second kappa shape index (κ2) is 6.31. The fraction of sp³-hybridized carbons (Fsp3) is 0.875. The number of aliphatic hydroxyl groups is 1. The molecule has 0 amide bonds. The Morgan fingerprint density at radius 1 is 1.55 bits per heavy atom. The standard InChI is InChI=1S/C8H17NO2/c1-2-3-4-5-8(11)7(9)6-10/h7,10H,2-6,9H2,1H3. The molecule has 3 N–H and O–H groups in total. The van der Waals surface area contributed by atoms with Crippen LogP contribution in [0.3, 0.4) is 0 Å². The number of carbonyl (C=O) groups excluding carboxylic acids is 1. The highest BCUT2D eigenvalue weighted by Gasteiger charge is 2.10. The molecule has 0 saturated carbocycles. The first-order valence-electron chi connectivity index (χ1n) is 4.11. The van der Waals surface area contributed by atoms with Crippen molar-refractivity contribution >= 4 is 5.78 Å².